The van der Waals surface area contributed by atoms with Crippen molar-refractivity contribution in [1.82, 2.24) is 9.55 Å². The highest BCUT2D eigenvalue weighted by Gasteiger charge is 2.52. The zero-order valence-corrected chi connectivity index (χ0v) is 45.6. The maximum Gasteiger partial charge on any atom is 0.468 e. The van der Waals surface area contributed by atoms with Crippen molar-refractivity contribution in [3.8, 4) is 39.6 Å². The first-order chi connectivity index (χ1) is 35.7. The number of ether oxygens (including phenoxy) is 1. The summed E-state index contributed by atoms with van der Waals surface area (Å²) in [5, 5.41) is 1.65. The molecule has 1 saturated heterocycles. The highest BCUT2D eigenvalue weighted by molar-refractivity contribution is 6.81. The lowest BCUT2D eigenvalue weighted by Gasteiger charge is -2.41. The van der Waals surface area contributed by atoms with Crippen LogP contribution in [-0.4, -0.2) is 37.6 Å². The van der Waals surface area contributed by atoms with Gasteiger partial charge in [-0.15, -0.1) is 0 Å². The normalized spacial score (nSPS) is 14.6. The Morgan fingerprint density at radius 1 is 0.480 bits per heavy atom. The molecule has 0 amide bonds. The zero-order chi connectivity index (χ0) is 52.6. The summed E-state index contributed by atoms with van der Waals surface area (Å²) in [7, 11) is -1.73. The minimum atomic E-state index is -0.715. The molecule has 0 aliphatic carbocycles. The number of benzene rings is 7. The number of hydrogen-bond donors (Lipinski definition) is 0. The van der Waals surface area contributed by atoms with Gasteiger partial charge in [0.2, 0.25) is 0 Å². The molecule has 0 atom stereocenters. The highest BCUT2D eigenvalue weighted by Crippen LogP contribution is 2.49. The summed E-state index contributed by atoms with van der Waals surface area (Å²) in [5.41, 5.74) is 14.3. The van der Waals surface area contributed by atoms with E-state index in [1.54, 1.807) is 0 Å². The van der Waals surface area contributed by atoms with Gasteiger partial charge in [-0.3, -0.25) is 4.57 Å². The summed E-state index contributed by atoms with van der Waals surface area (Å²) in [6, 6.07) is 60.5. The lowest BCUT2D eigenvalue weighted by Crippen LogP contribution is -2.59. The van der Waals surface area contributed by atoms with E-state index in [-0.39, 0.29) is 21.5 Å². The van der Waals surface area contributed by atoms with Crippen LogP contribution in [0.3, 0.4) is 0 Å². The minimum absolute atomic E-state index is 0.0828. The van der Waals surface area contributed by atoms with E-state index in [0.29, 0.717) is 6.67 Å². The highest BCUT2D eigenvalue weighted by atomic mass is 16.7. The van der Waals surface area contributed by atoms with Crippen molar-refractivity contribution in [3.63, 3.8) is 0 Å². The van der Waals surface area contributed by atoms with Gasteiger partial charge in [0.25, 0.3) is 0 Å². The molecule has 1 fully saturated rings. The quantitative estimate of drug-likeness (QED) is 0.141. The Balaban J connectivity index is 1.01. The Bertz CT molecular complexity index is 3520. The zero-order valence-electron chi connectivity index (χ0n) is 45.6. The van der Waals surface area contributed by atoms with E-state index >= 15 is 0 Å². The van der Waals surface area contributed by atoms with Crippen LogP contribution in [0, 0.1) is 0 Å². The maximum absolute atomic E-state index is 6.97. The molecule has 7 aromatic carbocycles. The first kappa shape index (κ1) is 50.1. The van der Waals surface area contributed by atoms with Crippen LogP contribution in [0.1, 0.15) is 94.2 Å². The fraction of sp³-hybridized carbons (Fsp3) is 0.266. The van der Waals surface area contributed by atoms with Crippen LogP contribution in [0.15, 0.2) is 176 Å². The summed E-state index contributed by atoms with van der Waals surface area (Å²) in [6.07, 6.45) is 1.85. The van der Waals surface area contributed by atoms with Crippen molar-refractivity contribution in [2.24, 2.45) is 0 Å². The SMILES string of the molecule is CC(C)(C)B1OB(c2cccc(-c3cc(C(C)(C)C)cc(C(C)(C)C)c3)c2N2CN(c3cccc(Oc4ccc5c6cc(-c7ccccc7)ccc6n(-c6ccccn6)c5c4)c3)c3ccccc32)OB(C(C)(C)C)O1. The van der Waals surface area contributed by atoms with Gasteiger partial charge in [0, 0.05) is 45.8 Å². The minimum Gasteiger partial charge on any atom is -0.457 e. The fourth-order valence-corrected chi connectivity index (χ4v) is 10.4. The van der Waals surface area contributed by atoms with E-state index in [9.17, 15) is 0 Å². The van der Waals surface area contributed by atoms with Crippen LogP contribution in [0.4, 0.5) is 22.7 Å². The second-order valence-electron chi connectivity index (χ2n) is 24.6. The average molecular weight is 989 g/mol. The second-order valence-corrected chi connectivity index (χ2v) is 24.6. The van der Waals surface area contributed by atoms with Gasteiger partial charge in [-0.05, 0) is 110 Å². The maximum atomic E-state index is 6.97. The molecular weight excluding hydrogens is 921 g/mol. The van der Waals surface area contributed by atoms with Crippen LogP contribution < -0.4 is 20.0 Å². The van der Waals surface area contributed by atoms with Crippen molar-refractivity contribution in [2.45, 2.75) is 105 Å². The van der Waals surface area contributed by atoms with Crippen molar-refractivity contribution in [3.05, 3.63) is 187 Å². The third-order valence-electron chi connectivity index (χ3n) is 14.6. The van der Waals surface area contributed by atoms with Gasteiger partial charge in [-0.25, -0.2) is 4.98 Å². The third-order valence-corrected chi connectivity index (χ3v) is 14.6. The Morgan fingerprint density at radius 2 is 1.12 bits per heavy atom. The third kappa shape index (κ3) is 9.78. The fourth-order valence-electron chi connectivity index (χ4n) is 10.4. The van der Waals surface area contributed by atoms with Crippen LogP contribution in [0.2, 0.25) is 10.6 Å². The smallest absolute Gasteiger partial charge is 0.457 e. The molecule has 0 unspecified atom stereocenters. The molecule has 75 heavy (non-hydrogen) atoms. The van der Waals surface area contributed by atoms with Gasteiger partial charge in [0.15, 0.2) is 0 Å². The average Bonchev–Trinajstić information content (AvgIpc) is 3.95. The summed E-state index contributed by atoms with van der Waals surface area (Å²) in [4.78, 5) is 9.64. The van der Waals surface area contributed by atoms with Gasteiger partial charge >= 0.3 is 21.4 Å². The van der Waals surface area contributed by atoms with E-state index in [4.69, 9.17) is 23.4 Å². The molecule has 0 saturated carbocycles. The number of anilines is 4. The Labute approximate surface area is 445 Å². The summed E-state index contributed by atoms with van der Waals surface area (Å²) < 4.78 is 29.7. The molecule has 0 radical (unpaired) electrons. The summed E-state index contributed by atoms with van der Waals surface area (Å²) in [6.45, 7) is 27.3. The standard InChI is InChI=1S/C64H67B3N4O4/c1-61(2,3)46-36-45(37-47(39-46)62(4,5)6)51-26-21-27-54(65-73-66(63(7,8)9)75-67(74-65)64(10,11)12)60(51)70-42-69(56-28-16-17-29-57(56)70)48-24-20-25-49(40-48)72-50-32-33-52-53-38-44(43-22-14-13-15-23-43)31-34-55(53)71(58(52)41-50)59-30-18-19-35-68-59/h13-41H,42H2,1-12H3. The Hall–Kier alpha value is -7.04. The van der Waals surface area contributed by atoms with Crippen molar-refractivity contribution in [2.75, 3.05) is 16.5 Å². The number of rotatable bonds is 8. The van der Waals surface area contributed by atoms with Gasteiger partial charge in [-0.1, -0.05) is 180 Å². The van der Waals surface area contributed by atoms with E-state index in [1.165, 1.54) is 22.3 Å². The molecule has 9 aromatic rings. The second kappa shape index (κ2) is 19.0. The molecule has 8 nitrogen and oxygen atoms in total. The van der Waals surface area contributed by atoms with Crippen LogP contribution >= 0.6 is 0 Å². The largest absolute Gasteiger partial charge is 0.468 e. The van der Waals surface area contributed by atoms with Crippen molar-refractivity contribution in [1.29, 1.82) is 0 Å². The van der Waals surface area contributed by atoms with Crippen LogP contribution in [0.5, 0.6) is 11.5 Å². The number of aromatic nitrogens is 2. The van der Waals surface area contributed by atoms with Gasteiger partial charge in [-0.2, -0.15) is 0 Å². The lowest BCUT2D eigenvalue weighted by molar-refractivity contribution is 0.250. The molecule has 2 aromatic heterocycles. The molecule has 2 aliphatic heterocycles. The predicted octanol–water partition coefficient (Wildman–Crippen LogP) is 16.5. The molecule has 0 bridgehead atoms. The molecule has 376 valence electrons. The number of hydrogen-bond acceptors (Lipinski definition) is 7. The topological polar surface area (TPSA) is 61.2 Å². The Kier molecular flexibility index (Phi) is 12.7. The van der Waals surface area contributed by atoms with Gasteiger partial charge < -0.3 is 28.3 Å². The molecule has 0 spiro atoms. The molecular formula is C64H67B3N4O4. The number of para-hydroxylation sites is 3. The summed E-state index contributed by atoms with van der Waals surface area (Å²) in [5.74, 6) is 2.31. The number of fused-ring (bicyclic) bond motifs is 4. The van der Waals surface area contributed by atoms with E-state index in [1.807, 2.05) is 24.4 Å². The monoisotopic (exact) mass is 989 g/mol. The van der Waals surface area contributed by atoms with Crippen molar-refractivity contribution < 1.29 is 18.5 Å². The van der Waals surface area contributed by atoms with Crippen LogP contribution in [-0.2, 0) is 24.5 Å². The van der Waals surface area contributed by atoms with Gasteiger partial charge in [0.1, 0.15) is 24.0 Å². The van der Waals surface area contributed by atoms with Gasteiger partial charge in [0.05, 0.1) is 28.1 Å². The number of pyridine rings is 1. The first-order valence-electron chi connectivity index (χ1n) is 26.4. The lowest BCUT2D eigenvalue weighted by atomic mass is 9.50. The number of nitrogens with zero attached hydrogens (tertiary/aromatic N) is 4. The molecule has 2 aliphatic rings. The summed E-state index contributed by atoms with van der Waals surface area (Å²) >= 11 is 0. The molecule has 4 heterocycles. The molecule has 0 N–H and O–H groups in total. The van der Waals surface area contributed by atoms with E-state index < -0.39 is 21.4 Å². The molecule has 11 rings (SSSR count). The predicted molar refractivity (Wildman–Crippen MR) is 315 cm³/mol. The van der Waals surface area contributed by atoms with E-state index in [2.05, 4.69) is 249 Å². The Morgan fingerprint density at radius 3 is 1.77 bits per heavy atom. The van der Waals surface area contributed by atoms with E-state index in [0.717, 1.165) is 78.5 Å². The van der Waals surface area contributed by atoms with Crippen LogP contribution in [0.25, 0.3) is 49.9 Å². The molecule has 11 heteroatoms. The first-order valence-corrected chi connectivity index (χ1v) is 26.4. The van der Waals surface area contributed by atoms with Crippen molar-refractivity contribution >= 4 is 71.4 Å².